The summed E-state index contributed by atoms with van der Waals surface area (Å²) in [5.41, 5.74) is 26.7. The Morgan fingerprint density at radius 1 is 0.354 bits per heavy atom. The number of aryl methyl sites for hydroxylation is 2. The molecule has 0 N–H and O–H groups in total. The van der Waals surface area contributed by atoms with E-state index in [2.05, 4.69) is 241 Å². The summed E-state index contributed by atoms with van der Waals surface area (Å²) in [6.45, 7) is 45.5. The number of carbonyl (C=O) groups is 4. The normalized spacial score (nSPS) is 11.6. The molecule has 0 saturated heterocycles. The monoisotopic (exact) mass is 1960 g/mol. The van der Waals surface area contributed by atoms with Crippen LogP contribution in [0.15, 0.2) is 337 Å². The highest BCUT2D eigenvalue weighted by atomic mass is 16.5. The average Bonchev–Trinajstić information content (AvgIpc) is 1.64. The fraction of sp³-hybridized carbons (Fsp3) is 0.281. The molecule has 19 nitrogen and oxygen atoms in total. The summed E-state index contributed by atoms with van der Waals surface area (Å²) in [6.07, 6.45) is 14.5. The van der Waals surface area contributed by atoms with Crippen LogP contribution >= 0.6 is 0 Å². The maximum atomic E-state index is 12.6. The lowest BCUT2D eigenvalue weighted by molar-refractivity contribution is 0.0984. The first-order chi connectivity index (χ1) is 69.6. The molecule has 19 heteroatoms. The van der Waals surface area contributed by atoms with E-state index >= 15 is 0 Å². The summed E-state index contributed by atoms with van der Waals surface area (Å²) in [4.78, 5) is 72.2. The van der Waals surface area contributed by atoms with Crippen LogP contribution < -0.4 is 9.47 Å². The van der Waals surface area contributed by atoms with Crippen LogP contribution in [0.5, 0.6) is 11.5 Å². The summed E-state index contributed by atoms with van der Waals surface area (Å²) in [7, 11) is 7.11. The highest BCUT2D eigenvalue weighted by Gasteiger charge is 2.27. The van der Waals surface area contributed by atoms with E-state index in [0.29, 0.717) is 43.0 Å². The summed E-state index contributed by atoms with van der Waals surface area (Å²) in [5.74, 6) is 3.49. The number of oxazole rings is 2. The third-order valence-corrected chi connectivity index (χ3v) is 25.3. The Morgan fingerprint density at radius 2 is 0.789 bits per heavy atom. The minimum Gasteiger partial charge on any atom is -0.497 e. The van der Waals surface area contributed by atoms with Crippen LogP contribution in [0.3, 0.4) is 0 Å². The Labute approximate surface area is 865 Å². The third-order valence-electron chi connectivity index (χ3n) is 25.3. The number of para-hydroxylation sites is 2. The van der Waals surface area contributed by atoms with Gasteiger partial charge in [0, 0.05) is 137 Å². The molecular formula is C128H137N11O8. The van der Waals surface area contributed by atoms with Gasteiger partial charge in [-0.3, -0.25) is 38.5 Å². The van der Waals surface area contributed by atoms with Crippen molar-refractivity contribution in [2.75, 3.05) is 14.2 Å². The third kappa shape index (κ3) is 29.0. The summed E-state index contributed by atoms with van der Waals surface area (Å²) in [5, 5.41) is 19.3. The van der Waals surface area contributed by atoms with Crippen LogP contribution in [0.25, 0.3) is 83.8 Å². The molecule has 0 fully saturated rings. The molecule has 0 radical (unpaired) electrons. The lowest BCUT2D eigenvalue weighted by Gasteiger charge is -2.20. The molecule has 147 heavy (non-hydrogen) atoms. The van der Waals surface area contributed by atoms with Gasteiger partial charge in [0.05, 0.1) is 60.5 Å². The molecule has 0 spiro atoms. The molecule has 0 bridgehead atoms. The number of aromatic nitrogens is 10. The van der Waals surface area contributed by atoms with Gasteiger partial charge in [0.2, 0.25) is 11.8 Å². The fourth-order valence-electron chi connectivity index (χ4n) is 16.7. The van der Waals surface area contributed by atoms with E-state index in [1.54, 1.807) is 55.8 Å². The molecule has 8 heterocycles. The molecule has 0 aliphatic rings. The molecule has 752 valence electrons. The van der Waals surface area contributed by atoms with Crippen LogP contribution in [0.1, 0.15) is 254 Å². The van der Waals surface area contributed by atoms with E-state index in [0.717, 1.165) is 134 Å². The Balaban J connectivity index is 0.000000143. The first-order valence-electron chi connectivity index (χ1n) is 49.8. The van der Waals surface area contributed by atoms with Crippen molar-refractivity contribution in [3.05, 3.63) is 418 Å². The Morgan fingerprint density at radius 3 is 1.23 bits per heavy atom. The van der Waals surface area contributed by atoms with E-state index in [4.69, 9.17) is 28.6 Å². The number of ketones is 4. The molecule has 0 amide bonds. The van der Waals surface area contributed by atoms with Crippen LogP contribution in [-0.2, 0) is 77.7 Å². The molecular weight excluding hydrogens is 1820 g/mol. The van der Waals surface area contributed by atoms with Crippen LogP contribution in [0.4, 0.5) is 0 Å². The van der Waals surface area contributed by atoms with Crippen LogP contribution in [0, 0.1) is 11.3 Å². The van der Waals surface area contributed by atoms with Gasteiger partial charge in [-0.15, -0.1) is 0 Å². The van der Waals surface area contributed by atoms with Crippen molar-refractivity contribution in [3.8, 4) is 51.7 Å². The SMILES string of the molecule is CC(C)(C)c1cccc(C(=O)Cc2ccc(C#N)cc2)c1.CC(C)(C)c1cccc(C(=O)Cc2ccc3ncccc3c2)c1.CC(C)(C)c1cccc2nc(-c3cccnc3)oc12.COc1ccc(-c2cn3c(C(C)(C)C)cccc3n2)cc1.COc1ccc(-c2nc3cccc(C(C)(C)C)c3o2)cc1.Cn1cc(CC(=O)c2cccc(C(C)(C)C)c2)cn1.Cn1ncc2ccc(CC(=O)c3cccc(C(C)(C)C)c3)cc21. The maximum Gasteiger partial charge on any atom is 0.228 e. The molecule has 0 saturated carbocycles. The topological polar surface area (TPSA) is 241 Å². The zero-order valence-electron chi connectivity index (χ0n) is 89.7. The smallest absolute Gasteiger partial charge is 0.228 e. The number of ether oxygens (including phenoxy) is 2. The molecule has 19 rings (SSSR count). The summed E-state index contributed by atoms with van der Waals surface area (Å²) in [6, 6.07) is 95.0. The second kappa shape index (κ2) is 46.4. The van der Waals surface area contributed by atoms with Gasteiger partial charge in [0.25, 0.3) is 0 Å². The van der Waals surface area contributed by atoms with Crippen molar-refractivity contribution in [2.24, 2.45) is 14.1 Å². The lowest BCUT2D eigenvalue weighted by atomic mass is 9.85. The van der Waals surface area contributed by atoms with Crippen molar-refractivity contribution in [3.63, 3.8) is 0 Å². The standard InChI is InChI=1S/C21H21NO.C20H22N2O.C19H19NO.C18H20N2O.C18H19NO2.C16H16N2O.C16H20N2O/c1-21(2,3)18-8-4-6-17(14-18)20(23)13-15-9-10-19-16(12-15)7-5-11-22-19;1-20(2,3)17-7-5-6-15(12-17)19(23)11-14-8-9-16-13-21-22(4)18(16)10-14;1-19(2,3)17-6-4-5-16(12-17)18(21)11-14-7-9-15(13-20)10-8-14;1-18(2,3)16-6-5-7-17-19-15(12-20(16)17)13-8-10-14(21-4)11-9-13;1-18(2,3)14-6-5-7-15-16(14)21-17(19-15)12-8-10-13(20-4)11-9-12;1-16(2,3)12-7-4-8-13-14(12)19-15(18-13)11-6-5-9-17-10-11;1-16(2,3)14-7-5-6-13(9-14)15(19)8-12-10-17-18(4)11-12/h4-12,14H,13H2,1-3H3;5-10,12-13H,11H2,1-4H3;4-10,12H,11H2,1-3H3;5-12H,1-4H3;5-11H,1-4H3;4-10H,1-3H3;5-7,9-11H,8H2,1-4H3. The van der Waals surface area contributed by atoms with Gasteiger partial charge in [-0.25, -0.2) is 15.0 Å². The van der Waals surface area contributed by atoms with Gasteiger partial charge in [0.1, 0.15) is 28.2 Å². The van der Waals surface area contributed by atoms with Gasteiger partial charge in [-0.2, -0.15) is 15.5 Å². The first kappa shape index (κ1) is 108. The molecule has 0 aliphatic heterocycles. The van der Waals surface area contributed by atoms with Crippen molar-refractivity contribution in [1.82, 2.24) is 48.9 Å². The number of carbonyl (C=O) groups excluding carboxylic acids is 4. The number of methoxy groups -OCH3 is 2. The Bertz CT molecular complexity index is 7700. The summed E-state index contributed by atoms with van der Waals surface area (Å²) < 4.78 is 28.1. The van der Waals surface area contributed by atoms with Gasteiger partial charge >= 0.3 is 0 Å². The van der Waals surface area contributed by atoms with E-state index < -0.39 is 0 Å². The largest absolute Gasteiger partial charge is 0.497 e. The van der Waals surface area contributed by atoms with E-state index in [1.165, 1.54) is 33.5 Å². The average molecular weight is 1960 g/mol. The zero-order valence-corrected chi connectivity index (χ0v) is 89.7. The van der Waals surface area contributed by atoms with Crippen molar-refractivity contribution in [1.29, 1.82) is 5.26 Å². The number of hydrogen-bond acceptors (Lipinski definition) is 16. The number of hydrogen-bond donors (Lipinski definition) is 0. The first-order valence-corrected chi connectivity index (χ1v) is 49.8. The van der Waals surface area contributed by atoms with E-state index in [9.17, 15) is 19.2 Å². The highest BCUT2D eigenvalue weighted by Crippen LogP contribution is 2.38. The highest BCUT2D eigenvalue weighted by molar-refractivity contribution is 6.00. The van der Waals surface area contributed by atoms with Crippen molar-refractivity contribution < 1.29 is 37.5 Å². The quantitative estimate of drug-likeness (QED) is 0.0770. The van der Waals surface area contributed by atoms with Crippen molar-refractivity contribution >= 4 is 72.8 Å². The Kier molecular flexibility index (Phi) is 34.2. The van der Waals surface area contributed by atoms with Gasteiger partial charge in [-0.05, 0) is 223 Å². The number of imidazole rings is 1. The predicted octanol–water partition coefficient (Wildman–Crippen LogP) is 30.0. The minimum atomic E-state index is 0.0240. The molecule has 11 aromatic carbocycles. The second-order valence-corrected chi connectivity index (χ2v) is 44.3. The number of Topliss-reactive ketones (excluding diaryl/α,β-unsaturated/α-hetero) is 4. The van der Waals surface area contributed by atoms with Gasteiger partial charge in [-0.1, -0.05) is 285 Å². The second-order valence-electron chi connectivity index (χ2n) is 44.3. The number of pyridine rings is 3. The van der Waals surface area contributed by atoms with Crippen LogP contribution in [0.2, 0.25) is 0 Å². The van der Waals surface area contributed by atoms with Gasteiger partial charge < -0.3 is 22.7 Å². The van der Waals surface area contributed by atoms with E-state index in [-0.39, 0.29) is 61.0 Å². The zero-order chi connectivity index (χ0) is 106. The number of rotatable bonds is 17. The molecule has 0 atom stereocenters. The predicted molar refractivity (Wildman–Crippen MR) is 596 cm³/mol. The van der Waals surface area contributed by atoms with E-state index in [1.807, 2.05) is 256 Å². The molecule has 0 unspecified atom stereocenters. The fourth-order valence-corrected chi connectivity index (χ4v) is 16.7. The van der Waals surface area contributed by atoms with Crippen LogP contribution in [-0.4, -0.2) is 86.2 Å². The number of benzene rings is 11. The summed E-state index contributed by atoms with van der Waals surface area (Å²) >= 11 is 0. The number of nitrogens with zero attached hydrogens (tertiary/aromatic N) is 11. The molecule has 19 aromatic rings. The Hall–Kier alpha value is -15.9. The molecule has 0 aliphatic carbocycles. The number of nitriles is 1. The van der Waals surface area contributed by atoms with Gasteiger partial charge in [0.15, 0.2) is 34.3 Å². The molecule has 8 aromatic heterocycles. The number of fused-ring (bicyclic) bond motifs is 5. The minimum absolute atomic E-state index is 0.0240. The van der Waals surface area contributed by atoms with Crippen molar-refractivity contribution in [2.45, 2.75) is 209 Å². The maximum absolute atomic E-state index is 12.6. The lowest BCUT2D eigenvalue weighted by Crippen LogP contribution is -2.15.